The summed E-state index contributed by atoms with van der Waals surface area (Å²) in [5.41, 5.74) is 20.4. The zero-order valence-corrected chi connectivity index (χ0v) is 45.5. The number of ether oxygens (including phenoxy) is 1. The summed E-state index contributed by atoms with van der Waals surface area (Å²) in [6.45, 7) is 0.587. The first-order valence-corrected chi connectivity index (χ1v) is 28.8. The second kappa shape index (κ2) is 18.1. The van der Waals surface area contributed by atoms with Crippen LogP contribution in [0.4, 0.5) is 22.7 Å². The molecule has 6 heterocycles. The molecule has 12 aromatic carbocycles. The molecule has 4 aromatic heterocycles. The van der Waals surface area contributed by atoms with Crippen LogP contribution in [0.3, 0.4) is 0 Å². The lowest BCUT2D eigenvalue weighted by molar-refractivity contribution is 0.483. The Balaban J connectivity index is 0.859. The van der Waals surface area contributed by atoms with Gasteiger partial charge in [0.25, 0.3) is 0 Å². The lowest BCUT2D eigenvalue weighted by atomic mass is 9.93. The SMILES string of the molecule is c1ccc(-c2cccc(-c3ccccc3)c2N2CN3c4cc(Oc5ccc6c7cc(-n8c9ccccc9c9ccccc98)cc8c9ccccc9c9ccccc9c9cccnc9n(c6c5)c87)ccc4-c4ccccc4-c4cccc2c43)cc1. The Morgan fingerprint density at radius 2 is 0.798 bits per heavy atom. The minimum Gasteiger partial charge on any atom is -0.457 e. The molecule has 0 atom stereocenters. The second-order valence-corrected chi connectivity index (χ2v) is 22.2. The van der Waals surface area contributed by atoms with E-state index >= 15 is 0 Å². The first-order valence-electron chi connectivity index (χ1n) is 28.8. The molecule has 2 aliphatic rings. The average Bonchev–Trinajstić information content (AvgIpc) is 3.71. The molecule has 6 heteroatoms. The molecule has 0 saturated carbocycles. The largest absolute Gasteiger partial charge is 0.457 e. The Bertz CT molecular complexity index is 5360. The number of rotatable bonds is 6. The smallest absolute Gasteiger partial charge is 0.145 e. The van der Waals surface area contributed by atoms with Crippen LogP contribution in [-0.4, -0.2) is 20.6 Å². The van der Waals surface area contributed by atoms with Gasteiger partial charge in [0.1, 0.15) is 23.8 Å². The van der Waals surface area contributed by atoms with E-state index in [4.69, 9.17) is 9.72 Å². The average molecular weight is 1070 g/mol. The third-order valence-electron chi connectivity index (χ3n) is 17.7. The first-order chi connectivity index (χ1) is 41.7. The van der Waals surface area contributed by atoms with Gasteiger partial charge in [0.2, 0.25) is 0 Å². The third kappa shape index (κ3) is 6.82. The number of nitrogens with zero attached hydrogens (tertiary/aromatic N) is 5. The maximum Gasteiger partial charge on any atom is 0.145 e. The van der Waals surface area contributed by atoms with E-state index in [1.54, 1.807) is 0 Å². The van der Waals surface area contributed by atoms with Gasteiger partial charge in [0, 0.05) is 78.6 Å². The Hall–Kier alpha value is -11.2. The predicted octanol–water partition coefficient (Wildman–Crippen LogP) is 20.8. The molecule has 2 aliphatic heterocycles. The lowest BCUT2D eigenvalue weighted by Crippen LogP contribution is -2.25. The Morgan fingerprint density at radius 1 is 0.310 bits per heavy atom. The molecule has 0 unspecified atom stereocenters. The van der Waals surface area contributed by atoms with Crippen molar-refractivity contribution in [3.8, 4) is 61.7 Å². The van der Waals surface area contributed by atoms with E-state index in [0.29, 0.717) is 6.67 Å². The summed E-state index contributed by atoms with van der Waals surface area (Å²) in [7, 11) is 0. The van der Waals surface area contributed by atoms with E-state index < -0.39 is 0 Å². The molecule has 0 amide bonds. The van der Waals surface area contributed by atoms with Gasteiger partial charge in [-0.05, 0) is 111 Å². The summed E-state index contributed by atoms with van der Waals surface area (Å²) < 4.78 is 12.1. The number of fused-ring (bicyclic) bond motifs is 18. The van der Waals surface area contributed by atoms with Gasteiger partial charge in [-0.1, -0.05) is 200 Å². The molecule has 0 N–H and O–H groups in total. The van der Waals surface area contributed by atoms with Crippen LogP contribution < -0.4 is 14.5 Å². The van der Waals surface area contributed by atoms with Crippen LogP contribution in [0.1, 0.15) is 0 Å². The topological polar surface area (TPSA) is 37.9 Å². The van der Waals surface area contributed by atoms with Gasteiger partial charge in [-0.2, -0.15) is 0 Å². The van der Waals surface area contributed by atoms with Crippen LogP contribution in [0, 0.1) is 0 Å². The normalized spacial score (nSPS) is 12.7. The number of hydrogen-bond acceptors (Lipinski definition) is 4. The van der Waals surface area contributed by atoms with Crippen molar-refractivity contribution >= 4 is 104 Å². The molecule has 0 bridgehead atoms. The van der Waals surface area contributed by atoms with E-state index in [0.717, 1.165) is 99.5 Å². The molecule has 18 rings (SSSR count). The van der Waals surface area contributed by atoms with Crippen molar-refractivity contribution in [2.45, 2.75) is 0 Å². The number of benzene rings is 12. The summed E-state index contributed by atoms with van der Waals surface area (Å²) >= 11 is 0. The maximum absolute atomic E-state index is 7.27. The van der Waals surface area contributed by atoms with Crippen molar-refractivity contribution in [1.82, 2.24) is 14.0 Å². The summed E-state index contributed by atoms with van der Waals surface area (Å²) in [5.74, 6) is 1.47. The first kappa shape index (κ1) is 46.5. The lowest BCUT2D eigenvalue weighted by Gasteiger charge is -2.28. The standard InChI is InChI=1S/C78H49N5O/c1-3-20-49(21-4-1)54-32-17-33-55(50-22-5-2-6-23-50)75(54)80-48-81-73-46-52(39-41-64(73)58-26-9-10-27-59(58)66-34-18-38-72(80)77(66)81)84-53-40-42-65-69-45-51(82-70-36-15-13-30-62(70)63-31-14-16-37-71(63)82)44-68-61-29-12-8-25-57(61)56-24-7-11-28-60(56)67-35-19-43-79-78(67)83(76(68)69)74(65)47-53/h1-47H,48H2. The number of hydrogen-bond donors (Lipinski definition) is 0. The quantitative estimate of drug-likeness (QED) is 0.166. The van der Waals surface area contributed by atoms with Crippen molar-refractivity contribution < 1.29 is 4.74 Å². The third-order valence-corrected chi connectivity index (χ3v) is 17.7. The Labute approximate surface area is 483 Å². The van der Waals surface area contributed by atoms with Crippen LogP contribution in [0.15, 0.2) is 285 Å². The highest BCUT2D eigenvalue weighted by Gasteiger charge is 2.37. The van der Waals surface area contributed by atoms with Crippen LogP contribution in [-0.2, 0) is 0 Å². The van der Waals surface area contributed by atoms with E-state index in [1.807, 2.05) is 6.20 Å². The molecule has 0 radical (unpaired) electrons. The van der Waals surface area contributed by atoms with E-state index in [1.165, 1.54) is 66.5 Å². The fourth-order valence-corrected chi connectivity index (χ4v) is 14.2. The van der Waals surface area contributed by atoms with Crippen LogP contribution in [0.5, 0.6) is 11.5 Å². The van der Waals surface area contributed by atoms with E-state index in [-0.39, 0.29) is 0 Å². The molecule has 0 aliphatic carbocycles. The summed E-state index contributed by atoms with van der Waals surface area (Å²) in [5, 5.41) is 11.5. The number of aromatic nitrogens is 3. The molecule has 84 heavy (non-hydrogen) atoms. The molecular formula is C78H49N5O. The number of para-hydroxylation sites is 4. The van der Waals surface area contributed by atoms with Gasteiger partial charge in [0.05, 0.1) is 44.8 Å². The second-order valence-electron chi connectivity index (χ2n) is 22.2. The van der Waals surface area contributed by atoms with Gasteiger partial charge in [-0.3, -0.25) is 4.40 Å². The van der Waals surface area contributed by atoms with Gasteiger partial charge >= 0.3 is 0 Å². The molecule has 0 spiro atoms. The van der Waals surface area contributed by atoms with Crippen molar-refractivity contribution in [1.29, 1.82) is 0 Å². The minimum atomic E-state index is 0.587. The number of pyridine rings is 1. The van der Waals surface area contributed by atoms with Gasteiger partial charge in [0.15, 0.2) is 0 Å². The van der Waals surface area contributed by atoms with Gasteiger partial charge in [-0.15, -0.1) is 0 Å². The molecule has 392 valence electrons. The van der Waals surface area contributed by atoms with Gasteiger partial charge in [-0.25, -0.2) is 4.98 Å². The van der Waals surface area contributed by atoms with Crippen molar-refractivity contribution in [3.63, 3.8) is 0 Å². The molecule has 0 fully saturated rings. The van der Waals surface area contributed by atoms with Crippen molar-refractivity contribution in [2.24, 2.45) is 0 Å². The van der Waals surface area contributed by atoms with E-state index in [2.05, 4.69) is 298 Å². The van der Waals surface area contributed by atoms with Crippen LogP contribution in [0.25, 0.3) is 132 Å². The molecule has 6 nitrogen and oxygen atoms in total. The Morgan fingerprint density at radius 3 is 1.48 bits per heavy atom. The number of anilines is 4. The highest BCUT2D eigenvalue weighted by molar-refractivity contribution is 6.26. The highest BCUT2D eigenvalue weighted by Crippen LogP contribution is 2.58. The van der Waals surface area contributed by atoms with Gasteiger partial charge < -0.3 is 19.1 Å². The fraction of sp³-hybridized carbons (Fsp3) is 0.0128. The van der Waals surface area contributed by atoms with Crippen molar-refractivity contribution in [3.05, 3.63) is 285 Å². The minimum absolute atomic E-state index is 0.587. The van der Waals surface area contributed by atoms with E-state index in [9.17, 15) is 0 Å². The Kier molecular flexibility index (Phi) is 10.1. The fourth-order valence-electron chi connectivity index (χ4n) is 14.2. The summed E-state index contributed by atoms with van der Waals surface area (Å²) in [6, 6.07) is 102. The molecular weight excluding hydrogens is 1020 g/mol. The molecule has 0 saturated heterocycles. The van der Waals surface area contributed by atoms with Crippen LogP contribution in [0.2, 0.25) is 0 Å². The summed E-state index contributed by atoms with van der Waals surface area (Å²) in [6.07, 6.45) is 1.93. The van der Waals surface area contributed by atoms with Crippen molar-refractivity contribution in [2.75, 3.05) is 16.5 Å². The zero-order valence-electron chi connectivity index (χ0n) is 45.5. The summed E-state index contributed by atoms with van der Waals surface area (Å²) in [4.78, 5) is 10.4. The highest BCUT2D eigenvalue weighted by atomic mass is 16.5. The molecule has 16 aromatic rings. The maximum atomic E-state index is 7.27. The zero-order chi connectivity index (χ0) is 55.0. The van der Waals surface area contributed by atoms with Crippen LogP contribution >= 0.6 is 0 Å². The monoisotopic (exact) mass is 1070 g/mol. The predicted molar refractivity (Wildman–Crippen MR) is 350 cm³/mol.